The summed E-state index contributed by atoms with van der Waals surface area (Å²) in [6, 6.07) is 9.07. The number of hydrogen-bond acceptors (Lipinski definition) is 2. The van der Waals surface area contributed by atoms with Crippen LogP contribution in [0.3, 0.4) is 0 Å². The Balaban J connectivity index is 2.07. The van der Waals surface area contributed by atoms with E-state index in [1.54, 1.807) is 0 Å². The Kier molecular flexibility index (Phi) is 1.49. The van der Waals surface area contributed by atoms with Crippen LogP contribution in [0.4, 0.5) is 0 Å². The Morgan fingerprint density at radius 2 is 2.08 bits per heavy atom. The maximum Gasteiger partial charge on any atom is 0.0990 e. The second kappa shape index (κ2) is 2.56. The molecule has 1 saturated heterocycles. The molecule has 2 aliphatic rings. The summed E-state index contributed by atoms with van der Waals surface area (Å²) >= 11 is 0. The number of likely N-dealkylation sites (N-methyl/N-ethyl adjacent to an activating group) is 1. The summed E-state index contributed by atoms with van der Waals surface area (Å²) in [7, 11) is 2.01. The van der Waals surface area contributed by atoms with E-state index < -0.39 is 0 Å². The number of benzene rings is 1. The topological polar surface area (TPSA) is 21.3 Å². The molecule has 0 unspecified atom stereocenters. The van der Waals surface area contributed by atoms with Crippen molar-refractivity contribution in [2.75, 3.05) is 7.05 Å². The van der Waals surface area contributed by atoms with E-state index in [-0.39, 0.29) is 0 Å². The predicted molar refractivity (Wildman–Crippen MR) is 50.5 cm³/mol. The molecule has 2 nitrogen and oxygen atoms in total. The Morgan fingerprint density at radius 1 is 1.31 bits per heavy atom. The zero-order valence-electron chi connectivity index (χ0n) is 7.66. The molecule has 0 aliphatic carbocycles. The minimum Gasteiger partial charge on any atom is -0.364 e. The first-order valence-corrected chi connectivity index (χ1v) is 4.81. The van der Waals surface area contributed by atoms with Crippen molar-refractivity contribution in [1.29, 1.82) is 0 Å². The summed E-state index contributed by atoms with van der Waals surface area (Å²) in [4.78, 5) is 0. The third kappa shape index (κ3) is 0.901. The molecule has 2 bridgehead atoms. The van der Waals surface area contributed by atoms with Gasteiger partial charge in [0.05, 0.1) is 12.2 Å². The molecule has 1 fully saturated rings. The van der Waals surface area contributed by atoms with E-state index in [0.717, 1.165) is 6.42 Å². The van der Waals surface area contributed by atoms with E-state index >= 15 is 0 Å². The first-order chi connectivity index (χ1) is 6.40. The molecule has 13 heavy (non-hydrogen) atoms. The Morgan fingerprint density at radius 3 is 2.85 bits per heavy atom. The molecule has 68 valence electrons. The maximum absolute atomic E-state index is 5.88. The Bertz CT molecular complexity index is 335. The standard InChI is InChI=1S/C11H13NO/c1-12-9-6-10-7-4-2-3-5-8(7)11(9)13-10/h2-5,9-12H,6H2,1H3/t9-,10-,11-/m1/s1. The molecule has 3 rings (SSSR count). The van der Waals surface area contributed by atoms with Crippen molar-refractivity contribution in [3.05, 3.63) is 35.4 Å². The molecular weight excluding hydrogens is 162 g/mol. The lowest BCUT2D eigenvalue weighted by molar-refractivity contribution is 0.0654. The highest BCUT2D eigenvalue weighted by atomic mass is 16.5. The van der Waals surface area contributed by atoms with Gasteiger partial charge in [-0.3, -0.25) is 0 Å². The number of hydrogen-bond donors (Lipinski definition) is 1. The number of fused-ring (bicyclic) bond motifs is 5. The number of ether oxygens (including phenoxy) is 1. The van der Waals surface area contributed by atoms with Crippen molar-refractivity contribution in [2.24, 2.45) is 0 Å². The molecule has 0 saturated carbocycles. The summed E-state index contributed by atoms with van der Waals surface area (Å²) in [5.74, 6) is 0. The van der Waals surface area contributed by atoms with Crippen LogP contribution in [0, 0.1) is 0 Å². The fourth-order valence-electron chi connectivity index (χ4n) is 2.50. The van der Waals surface area contributed by atoms with Gasteiger partial charge in [0.25, 0.3) is 0 Å². The van der Waals surface area contributed by atoms with Gasteiger partial charge in [0, 0.05) is 6.04 Å². The third-order valence-electron chi connectivity index (χ3n) is 3.16. The van der Waals surface area contributed by atoms with Crippen LogP contribution in [0.5, 0.6) is 0 Å². The smallest absolute Gasteiger partial charge is 0.0990 e. The average molecular weight is 175 g/mol. The summed E-state index contributed by atoms with van der Waals surface area (Å²) < 4.78 is 5.88. The summed E-state index contributed by atoms with van der Waals surface area (Å²) in [6.45, 7) is 0. The van der Waals surface area contributed by atoms with Gasteiger partial charge in [-0.25, -0.2) is 0 Å². The number of rotatable bonds is 1. The van der Waals surface area contributed by atoms with Crippen LogP contribution in [-0.4, -0.2) is 13.1 Å². The Labute approximate surface area is 77.9 Å². The van der Waals surface area contributed by atoms with Gasteiger partial charge in [0.2, 0.25) is 0 Å². The Hall–Kier alpha value is -0.860. The summed E-state index contributed by atoms with van der Waals surface area (Å²) in [5.41, 5.74) is 2.79. The molecule has 2 heteroatoms. The zero-order valence-corrected chi connectivity index (χ0v) is 7.66. The second-order valence-corrected chi connectivity index (χ2v) is 3.81. The van der Waals surface area contributed by atoms with Crippen molar-refractivity contribution in [1.82, 2.24) is 5.32 Å². The van der Waals surface area contributed by atoms with E-state index in [4.69, 9.17) is 4.74 Å². The van der Waals surface area contributed by atoms with Gasteiger partial charge in [-0.05, 0) is 24.6 Å². The molecule has 0 radical (unpaired) electrons. The van der Waals surface area contributed by atoms with Crippen LogP contribution < -0.4 is 5.32 Å². The highest BCUT2D eigenvalue weighted by Gasteiger charge is 2.43. The van der Waals surface area contributed by atoms with Crippen LogP contribution >= 0.6 is 0 Å². The lowest BCUT2D eigenvalue weighted by Crippen LogP contribution is -2.29. The van der Waals surface area contributed by atoms with Crippen molar-refractivity contribution < 1.29 is 4.74 Å². The normalized spacial score (nSPS) is 35.0. The van der Waals surface area contributed by atoms with E-state index in [1.165, 1.54) is 11.1 Å². The highest BCUT2D eigenvalue weighted by molar-refractivity contribution is 5.38. The molecule has 1 N–H and O–H groups in total. The molecular formula is C11H13NO. The minimum absolute atomic E-state index is 0.297. The van der Waals surface area contributed by atoms with Crippen LogP contribution in [0.15, 0.2) is 24.3 Å². The predicted octanol–water partition coefficient (Wildman–Crippen LogP) is 1.79. The molecule has 0 aromatic heterocycles. The van der Waals surface area contributed by atoms with E-state index in [0.29, 0.717) is 18.2 Å². The largest absolute Gasteiger partial charge is 0.364 e. The molecule has 1 aromatic rings. The maximum atomic E-state index is 5.88. The third-order valence-corrected chi connectivity index (χ3v) is 3.16. The molecule has 1 aromatic carbocycles. The molecule has 0 spiro atoms. The van der Waals surface area contributed by atoms with Gasteiger partial charge in [-0.2, -0.15) is 0 Å². The van der Waals surface area contributed by atoms with Crippen LogP contribution in [0.2, 0.25) is 0 Å². The molecule has 3 atom stereocenters. The highest BCUT2D eigenvalue weighted by Crippen LogP contribution is 2.50. The lowest BCUT2D eigenvalue weighted by atomic mass is 9.88. The molecule has 2 aliphatic heterocycles. The molecule has 0 amide bonds. The van der Waals surface area contributed by atoms with E-state index in [9.17, 15) is 0 Å². The van der Waals surface area contributed by atoms with Crippen molar-refractivity contribution in [3.8, 4) is 0 Å². The van der Waals surface area contributed by atoms with Crippen molar-refractivity contribution in [3.63, 3.8) is 0 Å². The monoisotopic (exact) mass is 175 g/mol. The van der Waals surface area contributed by atoms with Gasteiger partial charge >= 0.3 is 0 Å². The van der Waals surface area contributed by atoms with Crippen LogP contribution in [0.1, 0.15) is 29.8 Å². The van der Waals surface area contributed by atoms with Gasteiger partial charge in [-0.15, -0.1) is 0 Å². The van der Waals surface area contributed by atoms with E-state index in [1.807, 2.05) is 7.05 Å². The van der Waals surface area contributed by atoms with Gasteiger partial charge in [-0.1, -0.05) is 24.3 Å². The van der Waals surface area contributed by atoms with Gasteiger partial charge in [0.15, 0.2) is 0 Å². The minimum atomic E-state index is 0.297. The zero-order chi connectivity index (χ0) is 8.84. The quantitative estimate of drug-likeness (QED) is 0.702. The van der Waals surface area contributed by atoms with Crippen LogP contribution in [-0.2, 0) is 4.74 Å². The van der Waals surface area contributed by atoms with Crippen molar-refractivity contribution >= 4 is 0 Å². The fourth-order valence-corrected chi connectivity index (χ4v) is 2.50. The number of nitrogens with one attached hydrogen (secondary N) is 1. The summed E-state index contributed by atoms with van der Waals surface area (Å²) in [5, 5.41) is 3.31. The first kappa shape index (κ1) is 7.54. The first-order valence-electron chi connectivity index (χ1n) is 4.81. The SMILES string of the molecule is CN[C@@H]1C[C@H]2O[C@@H]1c1ccccc12. The summed E-state index contributed by atoms with van der Waals surface area (Å²) in [6.07, 6.45) is 1.77. The van der Waals surface area contributed by atoms with Gasteiger partial charge in [0.1, 0.15) is 0 Å². The second-order valence-electron chi connectivity index (χ2n) is 3.81. The average Bonchev–Trinajstić information content (AvgIpc) is 2.75. The van der Waals surface area contributed by atoms with E-state index in [2.05, 4.69) is 29.6 Å². The van der Waals surface area contributed by atoms with Gasteiger partial charge < -0.3 is 10.1 Å². The molecule has 2 heterocycles. The van der Waals surface area contributed by atoms with Crippen molar-refractivity contribution in [2.45, 2.75) is 24.7 Å². The fraction of sp³-hybridized carbons (Fsp3) is 0.455. The lowest BCUT2D eigenvalue weighted by Gasteiger charge is -2.20. The van der Waals surface area contributed by atoms with Crippen LogP contribution in [0.25, 0.3) is 0 Å².